The Hall–Kier alpha value is -4.28. The van der Waals surface area contributed by atoms with Gasteiger partial charge in [0, 0.05) is 6.54 Å². The number of methoxy groups -OCH3 is 1. The molecule has 0 spiro atoms. The zero-order valence-corrected chi connectivity index (χ0v) is 17.9. The van der Waals surface area contributed by atoms with Crippen molar-refractivity contribution < 1.29 is 48.4 Å². The van der Waals surface area contributed by atoms with Crippen LogP contribution in [0.25, 0.3) is 0 Å². The SMILES string of the molecule is COC(=O)C1=C(CF)NC(COCCN)=C(C(=O)O)C1c1cccc(C#N)c1.O=C(O)C(=O)O. The van der Waals surface area contributed by atoms with Crippen molar-refractivity contribution in [3.63, 3.8) is 0 Å². The molecule has 1 unspecified atom stereocenters. The molecule has 1 aliphatic heterocycles. The molecule has 1 atom stereocenters. The number of carbonyl (C=O) groups excluding carboxylic acids is 1. The highest BCUT2D eigenvalue weighted by atomic mass is 19.1. The van der Waals surface area contributed by atoms with Gasteiger partial charge in [0.25, 0.3) is 0 Å². The molecule has 2 rings (SSSR count). The van der Waals surface area contributed by atoms with Crippen LogP contribution in [0.4, 0.5) is 4.39 Å². The predicted octanol–water partition coefficient (Wildman–Crippen LogP) is 0.111. The monoisotopic (exact) mass is 479 g/mol. The highest BCUT2D eigenvalue weighted by Gasteiger charge is 2.39. The van der Waals surface area contributed by atoms with Crippen molar-refractivity contribution in [1.29, 1.82) is 5.26 Å². The maximum Gasteiger partial charge on any atom is 0.414 e. The first-order valence-electron chi connectivity index (χ1n) is 9.47. The van der Waals surface area contributed by atoms with Crippen LogP contribution in [0.2, 0.25) is 0 Å². The number of rotatable bonds is 8. The van der Waals surface area contributed by atoms with Gasteiger partial charge in [-0.25, -0.2) is 23.6 Å². The smallest absolute Gasteiger partial charge is 0.414 e. The Bertz CT molecular complexity index is 1050. The molecule has 0 saturated carbocycles. The fraction of sp³-hybridized carbons (Fsp3) is 0.286. The molecule has 13 heteroatoms. The number of carboxylic acids is 3. The lowest BCUT2D eigenvalue weighted by Crippen LogP contribution is -2.35. The minimum Gasteiger partial charge on any atom is -0.478 e. The number of esters is 1. The van der Waals surface area contributed by atoms with Gasteiger partial charge in [0.15, 0.2) is 0 Å². The fourth-order valence-corrected chi connectivity index (χ4v) is 3.01. The number of benzene rings is 1. The minimum absolute atomic E-state index is 0.105. The molecule has 0 bridgehead atoms. The van der Waals surface area contributed by atoms with Crippen LogP contribution in [0.3, 0.4) is 0 Å². The van der Waals surface area contributed by atoms with Crippen LogP contribution in [-0.2, 0) is 28.7 Å². The molecule has 34 heavy (non-hydrogen) atoms. The number of allylic oxidation sites excluding steroid dienone is 1. The van der Waals surface area contributed by atoms with E-state index in [1.54, 1.807) is 12.1 Å². The fourth-order valence-electron chi connectivity index (χ4n) is 3.01. The molecule has 12 nitrogen and oxygen atoms in total. The van der Waals surface area contributed by atoms with Gasteiger partial charge in [0.05, 0.1) is 60.4 Å². The van der Waals surface area contributed by atoms with Gasteiger partial charge in [-0.1, -0.05) is 12.1 Å². The summed E-state index contributed by atoms with van der Waals surface area (Å²) in [6.07, 6.45) is 0. The number of ether oxygens (including phenoxy) is 2. The summed E-state index contributed by atoms with van der Waals surface area (Å²) in [5.41, 5.74) is 5.64. The second-order valence-corrected chi connectivity index (χ2v) is 6.46. The number of nitrogens with one attached hydrogen (secondary N) is 1. The van der Waals surface area contributed by atoms with Crippen molar-refractivity contribution in [3.8, 4) is 6.07 Å². The third-order valence-corrected chi connectivity index (χ3v) is 4.34. The molecule has 1 aromatic carbocycles. The highest BCUT2D eigenvalue weighted by Crippen LogP contribution is 2.39. The van der Waals surface area contributed by atoms with E-state index in [1.165, 1.54) is 12.1 Å². The minimum atomic E-state index is -1.82. The highest BCUT2D eigenvalue weighted by molar-refractivity contribution is 6.27. The number of hydrogen-bond acceptors (Lipinski definition) is 9. The van der Waals surface area contributed by atoms with Crippen molar-refractivity contribution in [3.05, 3.63) is 57.9 Å². The van der Waals surface area contributed by atoms with Crippen molar-refractivity contribution in [1.82, 2.24) is 5.32 Å². The molecule has 1 aliphatic rings. The Kier molecular flexibility index (Phi) is 10.9. The van der Waals surface area contributed by atoms with Crippen LogP contribution in [0.15, 0.2) is 46.8 Å². The van der Waals surface area contributed by atoms with Gasteiger partial charge >= 0.3 is 23.9 Å². The average Bonchev–Trinajstić information content (AvgIpc) is 2.82. The second-order valence-electron chi connectivity index (χ2n) is 6.46. The van der Waals surface area contributed by atoms with E-state index in [9.17, 15) is 19.1 Å². The second kappa shape index (κ2) is 13.3. The zero-order valence-electron chi connectivity index (χ0n) is 17.9. The van der Waals surface area contributed by atoms with E-state index >= 15 is 0 Å². The topological polar surface area (TPSA) is 209 Å². The van der Waals surface area contributed by atoms with Gasteiger partial charge in [-0.15, -0.1) is 0 Å². The van der Waals surface area contributed by atoms with E-state index in [1.807, 2.05) is 6.07 Å². The number of alkyl halides is 1. The number of halogens is 1. The van der Waals surface area contributed by atoms with Gasteiger partial charge in [-0.05, 0) is 17.7 Å². The van der Waals surface area contributed by atoms with Crippen molar-refractivity contribution in [2.24, 2.45) is 5.73 Å². The lowest BCUT2D eigenvalue weighted by atomic mass is 9.80. The van der Waals surface area contributed by atoms with Gasteiger partial charge in [0.2, 0.25) is 0 Å². The number of dihydropyridines is 1. The summed E-state index contributed by atoms with van der Waals surface area (Å²) in [5, 5.41) is 36.4. The van der Waals surface area contributed by atoms with Crippen molar-refractivity contribution >= 4 is 23.9 Å². The third kappa shape index (κ3) is 7.12. The summed E-state index contributed by atoms with van der Waals surface area (Å²) < 4.78 is 23.8. The quantitative estimate of drug-likeness (QED) is 0.191. The molecule has 6 N–H and O–H groups in total. The molecule has 182 valence electrons. The van der Waals surface area contributed by atoms with Gasteiger partial charge in [-0.2, -0.15) is 5.26 Å². The molecule has 0 aliphatic carbocycles. The summed E-state index contributed by atoms with van der Waals surface area (Å²) in [6, 6.07) is 8.08. The first-order valence-corrected chi connectivity index (χ1v) is 9.47. The Morgan fingerprint density at radius 2 is 1.79 bits per heavy atom. The van der Waals surface area contributed by atoms with Gasteiger partial charge in [0.1, 0.15) is 6.67 Å². The first-order chi connectivity index (χ1) is 16.1. The standard InChI is InChI=1S/C19H20FN3O5.C2H2O4/c1-27-19(26)17-13(8-20)23-14(10-28-6-5-21)16(18(24)25)15(17)12-4-2-3-11(7-12)9-22;3-1(4)2(5)6/h2-4,7,15,23H,5-6,8,10,21H2,1H3,(H,24,25);(H,3,4)(H,5,6). The van der Waals surface area contributed by atoms with E-state index in [2.05, 4.69) is 5.32 Å². The predicted molar refractivity (Wildman–Crippen MR) is 112 cm³/mol. The molecule has 0 saturated heterocycles. The first kappa shape index (κ1) is 27.8. The number of nitrogens with two attached hydrogens (primary N) is 1. The Morgan fingerprint density at radius 1 is 1.15 bits per heavy atom. The maximum absolute atomic E-state index is 13.7. The summed E-state index contributed by atoms with van der Waals surface area (Å²) >= 11 is 0. The normalized spacial score (nSPS) is 14.8. The molecule has 0 aromatic heterocycles. The maximum atomic E-state index is 13.7. The number of aliphatic carboxylic acids is 3. The van der Waals surface area contributed by atoms with Crippen LogP contribution in [0.1, 0.15) is 17.0 Å². The average molecular weight is 479 g/mol. The van der Waals surface area contributed by atoms with Crippen LogP contribution in [0, 0.1) is 11.3 Å². The van der Waals surface area contributed by atoms with E-state index in [0.717, 1.165) is 7.11 Å². The van der Waals surface area contributed by atoms with Crippen molar-refractivity contribution in [2.75, 3.05) is 33.5 Å². The Labute approximate surface area is 192 Å². The molecular formula is C21H22FN3O9. The summed E-state index contributed by atoms with van der Waals surface area (Å²) in [5.74, 6) is -6.97. The van der Waals surface area contributed by atoms with E-state index in [-0.39, 0.29) is 47.9 Å². The largest absolute Gasteiger partial charge is 0.478 e. The molecule has 0 fully saturated rings. The van der Waals surface area contributed by atoms with E-state index in [4.69, 9.17) is 40.3 Å². The van der Waals surface area contributed by atoms with Gasteiger partial charge < -0.3 is 35.8 Å². The van der Waals surface area contributed by atoms with E-state index < -0.39 is 36.5 Å². The number of nitriles is 1. The summed E-state index contributed by atoms with van der Waals surface area (Å²) in [7, 11) is 1.12. The third-order valence-electron chi connectivity index (χ3n) is 4.34. The summed E-state index contributed by atoms with van der Waals surface area (Å²) in [6.45, 7) is -0.814. The van der Waals surface area contributed by atoms with Crippen LogP contribution >= 0.6 is 0 Å². The lowest BCUT2D eigenvalue weighted by Gasteiger charge is -2.31. The molecule has 1 aromatic rings. The number of carboxylic acid groups (broad SMARTS) is 3. The zero-order chi connectivity index (χ0) is 25.8. The van der Waals surface area contributed by atoms with Crippen molar-refractivity contribution in [2.45, 2.75) is 5.92 Å². The molecule has 1 heterocycles. The Balaban J connectivity index is 0.000000852. The van der Waals surface area contributed by atoms with Crippen LogP contribution in [0.5, 0.6) is 0 Å². The molecule has 0 radical (unpaired) electrons. The molecular weight excluding hydrogens is 457 g/mol. The van der Waals surface area contributed by atoms with Crippen LogP contribution in [-0.4, -0.2) is 72.7 Å². The number of hydrogen-bond donors (Lipinski definition) is 5. The van der Waals surface area contributed by atoms with E-state index in [0.29, 0.717) is 5.56 Å². The number of nitrogens with zero attached hydrogens (tertiary/aromatic N) is 1. The number of carbonyl (C=O) groups is 4. The Morgan fingerprint density at radius 3 is 2.26 bits per heavy atom. The van der Waals surface area contributed by atoms with Gasteiger partial charge in [-0.3, -0.25) is 0 Å². The van der Waals surface area contributed by atoms with Crippen LogP contribution < -0.4 is 11.1 Å². The summed E-state index contributed by atoms with van der Waals surface area (Å²) in [4.78, 5) is 42.7. The lowest BCUT2D eigenvalue weighted by molar-refractivity contribution is -0.159. The molecule has 0 amide bonds.